The van der Waals surface area contributed by atoms with Crippen LogP contribution in [0.25, 0.3) is 0 Å². The van der Waals surface area contributed by atoms with Crippen LogP contribution in [0.4, 0.5) is 0 Å². The van der Waals surface area contributed by atoms with E-state index in [2.05, 4.69) is 16.8 Å². The molecular formula is C16H17Cl2NS. The molecule has 1 aliphatic rings. The number of thiophene rings is 1. The Morgan fingerprint density at radius 3 is 3.00 bits per heavy atom. The van der Waals surface area contributed by atoms with Crippen LogP contribution in [0.2, 0.25) is 10.0 Å². The summed E-state index contributed by atoms with van der Waals surface area (Å²) in [6.07, 6.45) is 4.70. The van der Waals surface area contributed by atoms with Crippen molar-refractivity contribution in [2.24, 2.45) is 0 Å². The van der Waals surface area contributed by atoms with Gasteiger partial charge in [-0.05, 0) is 66.9 Å². The Morgan fingerprint density at radius 2 is 2.15 bits per heavy atom. The van der Waals surface area contributed by atoms with Crippen molar-refractivity contribution in [1.29, 1.82) is 0 Å². The molecule has 4 heteroatoms. The van der Waals surface area contributed by atoms with E-state index in [1.165, 1.54) is 24.8 Å². The zero-order valence-electron chi connectivity index (χ0n) is 11.2. The third kappa shape index (κ3) is 3.20. The van der Waals surface area contributed by atoms with Gasteiger partial charge in [-0.1, -0.05) is 29.3 Å². The summed E-state index contributed by atoms with van der Waals surface area (Å²) in [7, 11) is 0. The van der Waals surface area contributed by atoms with Gasteiger partial charge < -0.3 is 5.32 Å². The first kappa shape index (κ1) is 14.4. The molecule has 1 atom stereocenters. The van der Waals surface area contributed by atoms with Gasteiger partial charge in [0.15, 0.2) is 0 Å². The fraction of sp³-hybridized carbons (Fsp3) is 0.375. The Balaban J connectivity index is 1.59. The second kappa shape index (κ2) is 6.48. The van der Waals surface area contributed by atoms with E-state index >= 15 is 0 Å². The second-order valence-corrected chi connectivity index (χ2v) is 7.03. The van der Waals surface area contributed by atoms with E-state index in [9.17, 15) is 0 Å². The molecule has 3 rings (SSSR count). The summed E-state index contributed by atoms with van der Waals surface area (Å²) in [6.45, 7) is 0.946. The lowest BCUT2D eigenvalue weighted by Gasteiger charge is -2.24. The molecule has 1 unspecified atom stereocenters. The van der Waals surface area contributed by atoms with Crippen molar-refractivity contribution in [3.8, 4) is 0 Å². The quantitative estimate of drug-likeness (QED) is 0.807. The van der Waals surface area contributed by atoms with Crippen LogP contribution in [-0.2, 0) is 12.8 Å². The number of halogens is 2. The summed E-state index contributed by atoms with van der Waals surface area (Å²) in [5.74, 6) is 0. The third-order valence-corrected chi connectivity index (χ3v) is 5.44. The molecule has 1 heterocycles. The number of aryl methyl sites for hydroxylation is 1. The summed E-state index contributed by atoms with van der Waals surface area (Å²) in [5, 5.41) is 7.34. The number of benzene rings is 1. The minimum atomic E-state index is 0.510. The van der Waals surface area contributed by atoms with Gasteiger partial charge in [0.25, 0.3) is 0 Å². The zero-order valence-corrected chi connectivity index (χ0v) is 13.5. The summed E-state index contributed by atoms with van der Waals surface area (Å²) >= 11 is 14.0. The molecule has 2 aromatic rings. The molecule has 1 nitrogen and oxygen atoms in total. The van der Waals surface area contributed by atoms with Crippen molar-refractivity contribution in [3.63, 3.8) is 0 Å². The normalized spacial score (nSPS) is 18.0. The highest BCUT2D eigenvalue weighted by molar-refractivity contribution is 7.10. The molecule has 0 aliphatic heterocycles. The average Bonchev–Trinajstić information content (AvgIpc) is 2.90. The summed E-state index contributed by atoms with van der Waals surface area (Å²) in [4.78, 5) is 1.55. The molecule has 0 spiro atoms. The molecule has 0 amide bonds. The van der Waals surface area contributed by atoms with Gasteiger partial charge in [-0.25, -0.2) is 0 Å². The number of rotatable bonds is 4. The molecule has 1 aromatic heterocycles. The highest BCUT2D eigenvalue weighted by Crippen LogP contribution is 2.33. The van der Waals surface area contributed by atoms with E-state index in [-0.39, 0.29) is 0 Å². The maximum Gasteiger partial charge on any atom is 0.0453 e. The highest BCUT2D eigenvalue weighted by atomic mass is 35.5. The Bertz CT molecular complexity index is 594. The maximum absolute atomic E-state index is 6.20. The molecule has 1 aromatic carbocycles. The third-order valence-electron chi connectivity index (χ3n) is 3.85. The number of hydrogen-bond acceptors (Lipinski definition) is 2. The largest absolute Gasteiger partial charge is 0.310 e. The van der Waals surface area contributed by atoms with Crippen molar-refractivity contribution >= 4 is 34.5 Å². The lowest BCUT2D eigenvalue weighted by atomic mass is 9.94. The van der Waals surface area contributed by atoms with E-state index in [1.54, 1.807) is 4.88 Å². The Morgan fingerprint density at radius 1 is 1.25 bits per heavy atom. The summed E-state index contributed by atoms with van der Waals surface area (Å²) < 4.78 is 0. The number of nitrogens with one attached hydrogen (secondary N) is 1. The monoisotopic (exact) mass is 325 g/mol. The zero-order chi connectivity index (χ0) is 13.9. The van der Waals surface area contributed by atoms with Crippen LogP contribution in [0.1, 0.15) is 34.9 Å². The van der Waals surface area contributed by atoms with Gasteiger partial charge in [0, 0.05) is 21.0 Å². The van der Waals surface area contributed by atoms with Crippen molar-refractivity contribution in [2.45, 2.75) is 31.7 Å². The first-order chi connectivity index (χ1) is 9.74. The molecular weight excluding hydrogens is 309 g/mol. The predicted molar refractivity (Wildman–Crippen MR) is 88.2 cm³/mol. The number of fused-ring (bicyclic) bond motifs is 1. The van der Waals surface area contributed by atoms with Crippen LogP contribution >= 0.6 is 34.5 Å². The van der Waals surface area contributed by atoms with E-state index in [4.69, 9.17) is 23.2 Å². The first-order valence-corrected chi connectivity index (χ1v) is 8.61. The Hall–Kier alpha value is -0.540. The van der Waals surface area contributed by atoms with Gasteiger partial charge in [0.2, 0.25) is 0 Å². The fourth-order valence-corrected chi connectivity index (χ4v) is 4.29. The van der Waals surface area contributed by atoms with Gasteiger partial charge in [-0.3, -0.25) is 0 Å². The lowest BCUT2D eigenvalue weighted by molar-refractivity contribution is 0.467. The van der Waals surface area contributed by atoms with Gasteiger partial charge >= 0.3 is 0 Å². The van der Waals surface area contributed by atoms with E-state index in [0.29, 0.717) is 11.1 Å². The topological polar surface area (TPSA) is 12.0 Å². The highest BCUT2D eigenvalue weighted by Gasteiger charge is 2.20. The molecule has 106 valence electrons. The van der Waals surface area contributed by atoms with E-state index < -0.39 is 0 Å². The van der Waals surface area contributed by atoms with Crippen molar-refractivity contribution in [3.05, 3.63) is 55.7 Å². The SMILES string of the molecule is Clc1ccc(CCNC2CCCc3sccc32)c(Cl)c1. The van der Waals surface area contributed by atoms with Crippen LogP contribution in [0.5, 0.6) is 0 Å². The van der Waals surface area contributed by atoms with Gasteiger partial charge in [0.05, 0.1) is 0 Å². The Kier molecular flexibility index (Phi) is 4.67. The summed E-state index contributed by atoms with van der Waals surface area (Å²) in [5.41, 5.74) is 2.66. The van der Waals surface area contributed by atoms with Crippen LogP contribution in [-0.4, -0.2) is 6.54 Å². The first-order valence-electron chi connectivity index (χ1n) is 6.97. The number of hydrogen-bond donors (Lipinski definition) is 1. The van der Waals surface area contributed by atoms with E-state index in [1.807, 2.05) is 29.5 Å². The van der Waals surface area contributed by atoms with Gasteiger partial charge in [0.1, 0.15) is 0 Å². The molecule has 0 radical (unpaired) electrons. The lowest BCUT2D eigenvalue weighted by Crippen LogP contribution is -2.26. The van der Waals surface area contributed by atoms with Crippen LogP contribution in [0, 0.1) is 0 Å². The van der Waals surface area contributed by atoms with Crippen LogP contribution < -0.4 is 5.32 Å². The minimum absolute atomic E-state index is 0.510. The Labute approximate surface area is 133 Å². The van der Waals surface area contributed by atoms with Crippen molar-refractivity contribution in [2.75, 3.05) is 6.54 Å². The molecule has 1 N–H and O–H groups in total. The van der Waals surface area contributed by atoms with E-state index in [0.717, 1.165) is 23.6 Å². The smallest absolute Gasteiger partial charge is 0.0453 e. The van der Waals surface area contributed by atoms with Crippen molar-refractivity contribution < 1.29 is 0 Å². The minimum Gasteiger partial charge on any atom is -0.310 e. The fourth-order valence-electron chi connectivity index (χ4n) is 2.80. The molecule has 20 heavy (non-hydrogen) atoms. The average molecular weight is 326 g/mol. The van der Waals surface area contributed by atoms with Gasteiger partial charge in [-0.15, -0.1) is 11.3 Å². The summed E-state index contributed by atoms with van der Waals surface area (Å²) in [6, 6.07) is 8.52. The maximum atomic E-state index is 6.20. The molecule has 0 fully saturated rings. The predicted octanol–water partition coefficient (Wildman–Crippen LogP) is 5.26. The standard InChI is InChI=1S/C16H17Cl2NS/c17-12-5-4-11(14(18)10-12)6-8-19-15-2-1-3-16-13(15)7-9-20-16/h4-5,7,9-10,15,19H,1-3,6,8H2. The van der Waals surface area contributed by atoms with Crippen LogP contribution in [0.15, 0.2) is 29.6 Å². The van der Waals surface area contributed by atoms with Crippen LogP contribution in [0.3, 0.4) is 0 Å². The van der Waals surface area contributed by atoms with Gasteiger partial charge in [-0.2, -0.15) is 0 Å². The molecule has 1 aliphatic carbocycles. The van der Waals surface area contributed by atoms with Crippen molar-refractivity contribution in [1.82, 2.24) is 5.32 Å². The molecule has 0 saturated heterocycles. The molecule has 0 saturated carbocycles. The second-order valence-electron chi connectivity index (χ2n) is 5.18. The molecule has 0 bridgehead atoms.